The van der Waals surface area contributed by atoms with Gasteiger partial charge in [0.15, 0.2) is 5.69 Å². The van der Waals surface area contributed by atoms with Crippen molar-refractivity contribution in [1.82, 2.24) is 14.7 Å². The normalized spacial score (nSPS) is 13.8. The van der Waals surface area contributed by atoms with Gasteiger partial charge in [0.25, 0.3) is 5.91 Å². The molecule has 7 nitrogen and oxygen atoms in total. The molecule has 32 heavy (non-hydrogen) atoms. The SMILES string of the molecule is Cn1nc(C(=O)N2CCN(c3ccccc3F)CC2)cc1NC(=O)CCc1ccccc1. The van der Waals surface area contributed by atoms with Crippen molar-refractivity contribution in [3.05, 3.63) is 77.7 Å². The third kappa shape index (κ3) is 4.96. The quantitative estimate of drug-likeness (QED) is 0.646. The van der Waals surface area contributed by atoms with Crippen LogP contribution in [0.15, 0.2) is 60.7 Å². The number of nitrogens with zero attached hydrogens (tertiary/aromatic N) is 4. The van der Waals surface area contributed by atoms with Crippen molar-refractivity contribution >= 4 is 23.3 Å². The molecular formula is C24H26FN5O2. The van der Waals surface area contributed by atoms with Gasteiger partial charge in [-0.1, -0.05) is 42.5 Å². The van der Waals surface area contributed by atoms with E-state index < -0.39 is 0 Å². The average Bonchev–Trinajstić information content (AvgIpc) is 3.18. The number of amides is 2. The highest BCUT2D eigenvalue weighted by Crippen LogP contribution is 2.21. The highest BCUT2D eigenvalue weighted by atomic mass is 19.1. The van der Waals surface area contributed by atoms with E-state index in [0.717, 1.165) is 5.56 Å². The van der Waals surface area contributed by atoms with Gasteiger partial charge >= 0.3 is 0 Å². The minimum absolute atomic E-state index is 0.130. The van der Waals surface area contributed by atoms with Crippen molar-refractivity contribution in [3.63, 3.8) is 0 Å². The molecule has 0 bridgehead atoms. The molecule has 1 N–H and O–H groups in total. The van der Waals surface area contributed by atoms with Crippen LogP contribution in [0.1, 0.15) is 22.5 Å². The van der Waals surface area contributed by atoms with Crippen LogP contribution in [0.25, 0.3) is 0 Å². The molecule has 1 fully saturated rings. The van der Waals surface area contributed by atoms with Gasteiger partial charge in [-0.3, -0.25) is 14.3 Å². The van der Waals surface area contributed by atoms with Crippen LogP contribution in [0.5, 0.6) is 0 Å². The third-order valence-electron chi connectivity index (χ3n) is 5.61. The number of aryl methyl sites for hydroxylation is 2. The molecule has 4 rings (SSSR count). The molecule has 0 unspecified atom stereocenters. The number of halogens is 1. The molecule has 2 aromatic carbocycles. The number of carbonyl (C=O) groups is 2. The average molecular weight is 436 g/mol. The number of nitrogens with one attached hydrogen (secondary N) is 1. The third-order valence-corrected chi connectivity index (χ3v) is 5.61. The van der Waals surface area contributed by atoms with Gasteiger partial charge in [-0.2, -0.15) is 5.10 Å². The fraction of sp³-hybridized carbons (Fsp3) is 0.292. The Balaban J connectivity index is 1.32. The number of rotatable bonds is 6. The molecule has 1 aliphatic rings. The summed E-state index contributed by atoms with van der Waals surface area (Å²) in [6.45, 7) is 2.04. The van der Waals surface area contributed by atoms with Crippen LogP contribution < -0.4 is 10.2 Å². The monoisotopic (exact) mass is 435 g/mol. The number of benzene rings is 2. The number of hydrogen-bond acceptors (Lipinski definition) is 4. The van der Waals surface area contributed by atoms with E-state index in [2.05, 4.69) is 10.4 Å². The minimum Gasteiger partial charge on any atom is -0.366 e. The summed E-state index contributed by atoms with van der Waals surface area (Å²) in [6, 6.07) is 18.1. The van der Waals surface area contributed by atoms with Crippen LogP contribution in [0, 0.1) is 5.82 Å². The van der Waals surface area contributed by atoms with E-state index in [0.29, 0.717) is 50.5 Å². The lowest BCUT2D eigenvalue weighted by atomic mass is 10.1. The van der Waals surface area contributed by atoms with Gasteiger partial charge in [0.1, 0.15) is 11.6 Å². The molecule has 0 saturated carbocycles. The summed E-state index contributed by atoms with van der Waals surface area (Å²) in [7, 11) is 1.69. The summed E-state index contributed by atoms with van der Waals surface area (Å²) in [5.74, 6) is -0.103. The smallest absolute Gasteiger partial charge is 0.274 e. The van der Waals surface area contributed by atoms with Gasteiger partial charge in [-0.15, -0.1) is 0 Å². The number of aromatic nitrogens is 2. The topological polar surface area (TPSA) is 70.5 Å². The number of carbonyl (C=O) groups excluding carboxylic acids is 2. The summed E-state index contributed by atoms with van der Waals surface area (Å²) in [5, 5.41) is 7.12. The van der Waals surface area contributed by atoms with Crippen molar-refractivity contribution in [2.45, 2.75) is 12.8 Å². The molecule has 0 radical (unpaired) electrons. The van der Waals surface area contributed by atoms with Crippen molar-refractivity contribution in [3.8, 4) is 0 Å². The van der Waals surface area contributed by atoms with Gasteiger partial charge in [-0.05, 0) is 24.1 Å². The summed E-state index contributed by atoms with van der Waals surface area (Å²) in [4.78, 5) is 28.9. The molecular weight excluding hydrogens is 409 g/mol. The Labute approximate surface area is 186 Å². The molecule has 3 aromatic rings. The Morgan fingerprint density at radius 3 is 2.41 bits per heavy atom. The zero-order chi connectivity index (χ0) is 22.5. The Bertz CT molecular complexity index is 1090. The van der Waals surface area contributed by atoms with E-state index >= 15 is 0 Å². The standard InChI is InChI=1S/C24H26FN5O2/c1-28-22(26-23(31)12-11-18-7-3-2-4-8-18)17-20(27-28)24(32)30-15-13-29(14-16-30)21-10-6-5-9-19(21)25/h2-10,17H,11-16H2,1H3,(H,26,31). The maximum atomic E-state index is 14.0. The second kappa shape index (κ2) is 9.64. The van der Waals surface area contributed by atoms with E-state index in [-0.39, 0.29) is 23.3 Å². The van der Waals surface area contributed by atoms with Gasteiger partial charge in [0.05, 0.1) is 5.69 Å². The predicted molar refractivity (Wildman–Crippen MR) is 121 cm³/mol. The Morgan fingerprint density at radius 2 is 1.69 bits per heavy atom. The molecule has 166 valence electrons. The summed E-state index contributed by atoms with van der Waals surface area (Å²) >= 11 is 0. The largest absolute Gasteiger partial charge is 0.366 e. The highest BCUT2D eigenvalue weighted by Gasteiger charge is 2.25. The Kier molecular flexibility index (Phi) is 6.49. The molecule has 0 aliphatic carbocycles. The van der Waals surface area contributed by atoms with Crippen LogP contribution in [0.4, 0.5) is 15.9 Å². The van der Waals surface area contributed by atoms with E-state index in [4.69, 9.17) is 0 Å². The first kappa shape index (κ1) is 21.5. The first-order valence-electron chi connectivity index (χ1n) is 10.7. The maximum Gasteiger partial charge on any atom is 0.274 e. The van der Waals surface area contributed by atoms with Gasteiger partial charge in [-0.25, -0.2) is 4.39 Å². The fourth-order valence-corrected chi connectivity index (χ4v) is 3.82. The van der Waals surface area contributed by atoms with Crippen LogP contribution in [0.3, 0.4) is 0 Å². The number of anilines is 2. The molecule has 8 heteroatoms. The predicted octanol–water partition coefficient (Wildman–Crippen LogP) is 3.09. The Hall–Kier alpha value is -3.68. The zero-order valence-corrected chi connectivity index (χ0v) is 18.0. The van der Waals surface area contributed by atoms with Crippen molar-refractivity contribution < 1.29 is 14.0 Å². The lowest BCUT2D eigenvalue weighted by molar-refractivity contribution is -0.116. The number of piperazine rings is 1. The first-order chi connectivity index (χ1) is 15.5. The summed E-state index contributed by atoms with van der Waals surface area (Å²) in [5.41, 5.74) is 1.93. The summed E-state index contributed by atoms with van der Waals surface area (Å²) < 4.78 is 15.5. The number of hydrogen-bond donors (Lipinski definition) is 1. The van der Waals surface area contributed by atoms with Crippen LogP contribution in [-0.4, -0.2) is 52.7 Å². The molecule has 1 aromatic heterocycles. The van der Waals surface area contributed by atoms with E-state index in [9.17, 15) is 14.0 Å². The van der Waals surface area contributed by atoms with E-state index in [1.54, 1.807) is 36.2 Å². The van der Waals surface area contributed by atoms with Crippen LogP contribution >= 0.6 is 0 Å². The molecule has 1 saturated heterocycles. The van der Waals surface area contributed by atoms with Crippen LogP contribution in [0.2, 0.25) is 0 Å². The van der Waals surface area contributed by atoms with E-state index in [1.807, 2.05) is 35.2 Å². The van der Waals surface area contributed by atoms with Crippen molar-refractivity contribution in [2.75, 3.05) is 36.4 Å². The van der Waals surface area contributed by atoms with Gasteiger partial charge in [0.2, 0.25) is 5.91 Å². The summed E-state index contributed by atoms with van der Waals surface area (Å²) in [6.07, 6.45) is 0.985. The van der Waals surface area contributed by atoms with Crippen molar-refractivity contribution in [1.29, 1.82) is 0 Å². The highest BCUT2D eigenvalue weighted by molar-refractivity contribution is 5.95. The minimum atomic E-state index is -0.260. The van der Waals surface area contributed by atoms with Gasteiger partial charge in [0, 0.05) is 45.7 Å². The Morgan fingerprint density at radius 1 is 1.00 bits per heavy atom. The molecule has 2 heterocycles. The van der Waals surface area contributed by atoms with Crippen molar-refractivity contribution in [2.24, 2.45) is 7.05 Å². The number of para-hydroxylation sites is 1. The zero-order valence-electron chi connectivity index (χ0n) is 18.0. The molecule has 1 aliphatic heterocycles. The molecule has 0 atom stereocenters. The lowest BCUT2D eigenvalue weighted by Gasteiger charge is -2.35. The fourth-order valence-electron chi connectivity index (χ4n) is 3.82. The van der Waals surface area contributed by atoms with E-state index in [1.165, 1.54) is 10.7 Å². The molecule has 0 spiro atoms. The van der Waals surface area contributed by atoms with Gasteiger partial charge < -0.3 is 15.1 Å². The molecule has 2 amide bonds. The second-order valence-corrected chi connectivity index (χ2v) is 7.80. The second-order valence-electron chi connectivity index (χ2n) is 7.80. The maximum absolute atomic E-state index is 14.0. The first-order valence-corrected chi connectivity index (χ1v) is 10.7. The lowest BCUT2D eigenvalue weighted by Crippen LogP contribution is -2.49. The van der Waals surface area contributed by atoms with Crippen LogP contribution in [-0.2, 0) is 18.3 Å².